The molecule has 0 saturated heterocycles. The molecule has 0 aliphatic rings. The van der Waals surface area contributed by atoms with Crippen LogP contribution in [0.4, 0.5) is 0 Å². The molecule has 0 radical (unpaired) electrons. The number of fused-ring (bicyclic) bond motifs is 3. The smallest absolute Gasteiger partial charge is 0.148 e. The van der Waals surface area contributed by atoms with Gasteiger partial charge in [-0.15, -0.1) is 0 Å². The molecule has 0 aliphatic carbocycles. The van der Waals surface area contributed by atoms with Gasteiger partial charge in [0.2, 0.25) is 0 Å². The Bertz CT molecular complexity index is 1150. The summed E-state index contributed by atoms with van der Waals surface area (Å²) in [5, 5.41) is 29.6. The minimum absolute atomic E-state index is 0.0928. The molecule has 3 aromatic rings. The molecule has 1 aromatic heterocycles. The van der Waals surface area contributed by atoms with Crippen LogP contribution in [0, 0.1) is 34.0 Å². The van der Waals surface area contributed by atoms with Crippen molar-refractivity contribution in [2.45, 2.75) is 20.4 Å². The van der Waals surface area contributed by atoms with Crippen molar-refractivity contribution in [1.82, 2.24) is 4.57 Å². The second-order valence-corrected chi connectivity index (χ2v) is 5.67. The van der Waals surface area contributed by atoms with Gasteiger partial charge in [-0.2, -0.15) is 15.8 Å². The number of ether oxygens (including phenoxy) is 1. The monoisotopic (exact) mass is 340 g/mol. The van der Waals surface area contributed by atoms with Crippen molar-refractivity contribution in [1.29, 1.82) is 15.8 Å². The van der Waals surface area contributed by atoms with E-state index in [0.717, 1.165) is 34.1 Å². The Morgan fingerprint density at radius 1 is 0.923 bits per heavy atom. The standard InChI is InChI=1S/C21H16N4O/c1-3-25-20-7-5-14(19(13-24)15(11-22)12-23)9-17(20)18-10-16(26-4-2)6-8-21(18)25/h5-10H,3-4H2,1-2H3. The van der Waals surface area contributed by atoms with Crippen LogP contribution < -0.4 is 4.74 Å². The third-order valence-electron chi connectivity index (χ3n) is 4.34. The van der Waals surface area contributed by atoms with Gasteiger partial charge in [0.25, 0.3) is 0 Å². The van der Waals surface area contributed by atoms with Crippen LogP contribution in [0.1, 0.15) is 19.4 Å². The van der Waals surface area contributed by atoms with Crippen molar-refractivity contribution >= 4 is 27.4 Å². The zero-order valence-electron chi connectivity index (χ0n) is 14.6. The second kappa shape index (κ2) is 7.01. The molecule has 0 bridgehead atoms. The molecule has 0 fully saturated rings. The zero-order valence-corrected chi connectivity index (χ0v) is 14.6. The fourth-order valence-corrected chi connectivity index (χ4v) is 3.24. The minimum atomic E-state index is -0.180. The normalized spacial score (nSPS) is 10.1. The summed E-state index contributed by atoms with van der Waals surface area (Å²) in [4.78, 5) is 0. The maximum atomic E-state index is 9.43. The molecule has 0 aliphatic heterocycles. The van der Waals surface area contributed by atoms with E-state index in [-0.39, 0.29) is 11.1 Å². The Kier molecular flexibility index (Phi) is 4.61. The third kappa shape index (κ3) is 2.65. The molecule has 0 atom stereocenters. The van der Waals surface area contributed by atoms with E-state index < -0.39 is 0 Å². The summed E-state index contributed by atoms with van der Waals surface area (Å²) in [5.41, 5.74) is 2.59. The van der Waals surface area contributed by atoms with Gasteiger partial charge < -0.3 is 9.30 Å². The third-order valence-corrected chi connectivity index (χ3v) is 4.34. The summed E-state index contributed by atoms with van der Waals surface area (Å²) in [7, 11) is 0. The second-order valence-electron chi connectivity index (χ2n) is 5.67. The van der Waals surface area contributed by atoms with Crippen LogP contribution >= 0.6 is 0 Å². The van der Waals surface area contributed by atoms with Gasteiger partial charge in [0.1, 0.15) is 29.5 Å². The van der Waals surface area contributed by atoms with Crippen LogP contribution in [-0.2, 0) is 6.54 Å². The molecule has 26 heavy (non-hydrogen) atoms. The first-order valence-corrected chi connectivity index (χ1v) is 8.32. The highest BCUT2D eigenvalue weighted by Gasteiger charge is 2.14. The van der Waals surface area contributed by atoms with Gasteiger partial charge in [0.05, 0.1) is 12.2 Å². The van der Waals surface area contributed by atoms with Gasteiger partial charge >= 0.3 is 0 Å². The Morgan fingerprint density at radius 2 is 1.58 bits per heavy atom. The van der Waals surface area contributed by atoms with Crippen molar-refractivity contribution in [3.05, 3.63) is 47.5 Å². The highest BCUT2D eigenvalue weighted by atomic mass is 16.5. The van der Waals surface area contributed by atoms with Crippen molar-refractivity contribution in [3.63, 3.8) is 0 Å². The van der Waals surface area contributed by atoms with Gasteiger partial charge in [-0.25, -0.2) is 0 Å². The number of hydrogen-bond acceptors (Lipinski definition) is 4. The molecule has 1 heterocycles. The summed E-state index contributed by atoms with van der Waals surface area (Å²) >= 11 is 0. The first-order chi connectivity index (χ1) is 12.7. The van der Waals surface area contributed by atoms with Crippen LogP contribution in [0.5, 0.6) is 5.75 Å². The summed E-state index contributed by atoms with van der Waals surface area (Å²) in [6.07, 6.45) is 0. The number of hydrogen-bond donors (Lipinski definition) is 0. The van der Waals surface area contributed by atoms with E-state index in [1.807, 2.05) is 43.3 Å². The summed E-state index contributed by atoms with van der Waals surface area (Å²) in [6.45, 7) is 5.40. The van der Waals surface area contributed by atoms with Crippen molar-refractivity contribution < 1.29 is 4.74 Å². The lowest BCUT2D eigenvalue weighted by Crippen LogP contribution is -1.94. The molecule has 0 unspecified atom stereocenters. The number of benzene rings is 2. The van der Waals surface area contributed by atoms with Crippen LogP contribution in [0.25, 0.3) is 27.4 Å². The lowest BCUT2D eigenvalue weighted by atomic mass is 10.00. The summed E-state index contributed by atoms with van der Waals surface area (Å²) in [5.74, 6) is 0.784. The van der Waals surface area contributed by atoms with E-state index in [0.29, 0.717) is 12.2 Å². The van der Waals surface area contributed by atoms with E-state index in [4.69, 9.17) is 15.3 Å². The predicted molar refractivity (Wildman–Crippen MR) is 100 cm³/mol. The number of aryl methyl sites for hydroxylation is 1. The quantitative estimate of drug-likeness (QED) is 0.653. The summed E-state index contributed by atoms with van der Waals surface area (Å²) < 4.78 is 7.81. The minimum Gasteiger partial charge on any atom is -0.494 e. The van der Waals surface area contributed by atoms with Gasteiger partial charge in [-0.1, -0.05) is 6.07 Å². The maximum Gasteiger partial charge on any atom is 0.148 e. The topological polar surface area (TPSA) is 85.5 Å². The zero-order chi connectivity index (χ0) is 18.7. The molecule has 0 spiro atoms. The average molecular weight is 340 g/mol. The van der Waals surface area contributed by atoms with Crippen LogP contribution in [0.2, 0.25) is 0 Å². The first kappa shape index (κ1) is 17.1. The average Bonchev–Trinajstić information content (AvgIpc) is 2.98. The Balaban J connectivity index is 2.36. The molecule has 5 heteroatoms. The van der Waals surface area contributed by atoms with E-state index in [2.05, 4.69) is 11.5 Å². The molecule has 3 rings (SSSR count). The van der Waals surface area contributed by atoms with Crippen molar-refractivity contribution in [2.75, 3.05) is 6.61 Å². The molecule has 0 amide bonds. The first-order valence-electron chi connectivity index (χ1n) is 8.32. The van der Waals surface area contributed by atoms with E-state index >= 15 is 0 Å². The Labute approximate surface area is 151 Å². The SMILES string of the molecule is CCOc1ccc2c(c1)c1cc(C(C#N)=C(C#N)C#N)ccc1n2CC. The fraction of sp³-hybridized carbons (Fsp3) is 0.190. The molecular weight excluding hydrogens is 324 g/mol. The van der Waals surface area contributed by atoms with Crippen LogP contribution in [-0.4, -0.2) is 11.2 Å². The van der Waals surface area contributed by atoms with Crippen molar-refractivity contribution in [2.24, 2.45) is 0 Å². The fourth-order valence-electron chi connectivity index (χ4n) is 3.24. The molecule has 0 N–H and O–H groups in total. The Morgan fingerprint density at radius 3 is 2.15 bits per heavy atom. The summed E-state index contributed by atoms with van der Waals surface area (Å²) in [6, 6.07) is 17.1. The molecule has 126 valence electrons. The molecule has 5 nitrogen and oxygen atoms in total. The molecular formula is C21H16N4O. The van der Waals surface area contributed by atoms with Crippen LogP contribution in [0.3, 0.4) is 0 Å². The maximum absolute atomic E-state index is 9.43. The number of allylic oxidation sites excluding steroid dienone is 2. The lowest BCUT2D eigenvalue weighted by molar-refractivity contribution is 0.341. The van der Waals surface area contributed by atoms with Crippen LogP contribution in [0.15, 0.2) is 42.0 Å². The Hall–Kier alpha value is -3.75. The number of nitrogens with zero attached hydrogens (tertiary/aromatic N) is 4. The van der Waals surface area contributed by atoms with Gasteiger partial charge in [-0.3, -0.25) is 0 Å². The van der Waals surface area contributed by atoms with Gasteiger partial charge in [-0.05, 0) is 49.7 Å². The molecule has 0 saturated carbocycles. The van der Waals surface area contributed by atoms with E-state index in [9.17, 15) is 5.26 Å². The van der Waals surface area contributed by atoms with Gasteiger partial charge in [0, 0.05) is 28.4 Å². The number of rotatable bonds is 4. The van der Waals surface area contributed by atoms with Gasteiger partial charge in [0.15, 0.2) is 0 Å². The van der Waals surface area contributed by atoms with Crippen molar-refractivity contribution in [3.8, 4) is 24.0 Å². The van der Waals surface area contributed by atoms with E-state index in [1.54, 1.807) is 18.2 Å². The van der Waals surface area contributed by atoms with E-state index in [1.165, 1.54) is 0 Å². The molecule has 2 aromatic carbocycles. The highest BCUT2D eigenvalue weighted by Crippen LogP contribution is 2.34. The largest absolute Gasteiger partial charge is 0.494 e. The number of nitriles is 3. The predicted octanol–water partition coefficient (Wildman–Crippen LogP) is 4.54. The number of aromatic nitrogens is 1. The highest BCUT2D eigenvalue weighted by molar-refractivity contribution is 6.09. The lowest BCUT2D eigenvalue weighted by Gasteiger charge is -2.05.